The summed E-state index contributed by atoms with van der Waals surface area (Å²) in [4.78, 5) is 0.0413. The number of nitrogens with one attached hydrogen (secondary N) is 1. The molecule has 0 aliphatic rings. The quantitative estimate of drug-likeness (QED) is 0.458. The SMILES string of the molecule is COc1ccc(Cl)cc1NS(=O)(=O)c1cn(-c2ccccc2)nc1-c1ccccc1. The number of rotatable bonds is 6. The van der Waals surface area contributed by atoms with E-state index in [1.165, 1.54) is 19.4 Å². The van der Waals surface area contributed by atoms with Crippen LogP contribution >= 0.6 is 11.6 Å². The summed E-state index contributed by atoms with van der Waals surface area (Å²) in [6.45, 7) is 0. The molecule has 3 aromatic carbocycles. The fraction of sp³-hybridized carbons (Fsp3) is 0.0455. The minimum Gasteiger partial charge on any atom is -0.495 e. The predicted molar refractivity (Wildman–Crippen MR) is 118 cm³/mol. The Bertz CT molecular complexity index is 1270. The monoisotopic (exact) mass is 439 g/mol. The lowest BCUT2D eigenvalue weighted by Crippen LogP contribution is -2.14. The van der Waals surface area contributed by atoms with Crippen molar-refractivity contribution in [3.8, 4) is 22.7 Å². The summed E-state index contributed by atoms with van der Waals surface area (Å²) in [5, 5.41) is 4.94. The second-order valence-electron chi connectivity index (χ2n) is 6.44. The number of ether oxygens (including phenoxy) is 1. The Morgan fingerprint density at radius 3 is 2.30 bits per heavy atom. The lowest BCUT2D eigenvalue weighted by atomic mass is 10.2. The Kier molecular flexibility index (Phi) is 5.48. The van der Waals surface area contributed by atoms with Crippen LogP contribution in [0.5, 0.6) is 5.75 Å². The van der Waals surface area contributed by atoms with Crippen molar-refractivity contribution < 1.29 is 13.2 Å². The molecular weight excluding hydrogens is 422 g/mol. The first-order valence-corrected chi connectivity index (χ1v) is 10.9. The third-order valence-corrected chi connectivity index (χ3v) is 6.05. The number of benzene rings is 3. The van der Waals surface area contributed by atoms with Crippen molar-refractivity contribution in [2.45, 2.75) is 4.90 Å². The summed E-state index contributed by atoms with van der Waals surface area (Å²) in [7, 11) is -2.54. The molecular formula is C22H18ClN3O3S. The molecule has 0 unspecified atom stereocenters. The third-order valence-electron chi connectivity index (χ3n) is 4.44. The number of sulfonamides is 1. The van der Waals surface area contributed by atoms with Crippen molar-refractivity contribution in [1.82, 2.24) is 9.78 Å². The van der Waals surface area contributed by atoms with Crippen LogP contribution in [-0.4, -0.2) is 25.3 Å². The summed E-state index contributed by atoms with van der Waals surface area (Å²) in [6.07, 6.45) is 1.50. The van der Waals surface area contributed by atoms with E-state index < -0.39 is 10.0 Å². The maximum Gasteiger partial charge on any atom is 0.265 e. The van der Waals surface area contributed by atoms with Crippen molar-refractivity contribution in [1.29, 1.82) is 0 Å². The number of para-hydroxylation sites is 1. The highest BCUT2D eigenvalue weighted by molar-refractivity contribution is 7.92. The number of aromatic nitrogens is 2. The summed E-state index contributed by atoms with van der Waals surface area (Å²) >= 11 is 6.05. The number of nitrogens with zero attached hydrogens (tertiary/aromatic N) is 2. The molecule has 0 spiro atoms. The highest BCUT2D eigenvalue weighted by atomic mass is 35.5. The summed E-state index contributed by atoms with van der Waals surface area (Å²) in [6, 6.07) is 23.2. The largest absolute Gasteiger partial charge is 0.495 e. The van der Waals surface area contributed by atoms with E-state index in [2.05, 4.69) is 9.82 Å². The lowest BCUT2D eigenvalue weighted by Gasteiger charge is -2.12. The van der Waals surface area contributed by atoms with Crippen molar-refractivity contribution in [2.75, 3.05) is 11.8 Å². The number of hydrogen-bond donors (Lipinski definition) is 1. The van der Waals surface area contributed by atoms with E-state index in [0.717, 1.165) is 5.69 Å². The minimum atomic E-state index is -4.00. The van der Waals surface area contributed by atoms with E-state index in [1.54, 1.807) is 16.8 Å². The van der Waals surface area contributed by atoms with Gasteiger partial charge in [0.25, 0.3) is 10.0 Å². The summed E-state index contributed by atoms with van der Waals surface area (Å²) in [5.74, 6) is 0.361. The van der Waals surface area contributed by atoms with Crippen molar-refractivity contribution in [3.05, 3.63) is 90.1 Å². The summed E-state index contributed by atoms with van der Waals surface area (Å²) in [5.41, 5.74) is 2.02. The second kappa shape index (κ2) is 8.22. The molecule has 1 aromatic heterocycles. The van der Waals surface area contributed by atoms with E-state index in [9.17, 15) is 8.42 Å². The number of hydrogen-bond acceptors (Lipinski definition) is 4. The Hall–Kier alpha value is -3.29. The Balaban J connectivity index is 1.84. The van der Waals surface area contributed by atoms with Crippen molar-refractivity contribution in [2.24, 2.45) is 0 Å². The Labute approximate surface area is 179 Å². The van der Waals surface area contributed by atoms with Gasteiger partial charge in [0.1, 0.15) is 16.3 Å². The molecule has 0 aliphatic heterocycles. The molecule has 4 aromatic rings. The molecule has 0 aliphatic carbocycles. The van der Waals surface area contributed by atoms with Gasteiger partial charge in [0, 0.05) is 10.6 Å². The first kappa shape index (κ1) is 20.0. The number of halogens is 1. The Morgan fingerprint density at radius 1 is 0.967 bits per heavy atom. The van der Waals surface area contributed by atoms with Crippen LogP contribution in [-0.2, 0) is 10.0 Å². The predicted octanol–water partition coefficient (Wildman–Crippen LogP) is 5.00. The summed E-state index contributed by atoms with van der Waals surface area (Å²) < 4.78 is 36.1. The minimum absolute atomic E-state index is 0.0413. The van der Waals surface area contributed by atoms with Gasteiger partial charge in [-0.2, -0.15) is 5.10 Å². The van der Waals surface area contributed by atoms with Crippen LogP contribution < -0.4 is 9.46 Å². The van der Waals surface area contributed by atoms with Crippen LogP contribution in [0.3, 0.4) is 0 Å². The van der Waals surface area contributed by atoms with Gasteiger partial charge in [-0.15, -0.1) is 0 Å². The number of anilines is 1. The van der Waals surface area contributed by atoms with E-state index in [4.69, 9.17) is 16.3 Å². The van der Waals surface area contributed by atoms with E-state index in [0.29, 0.717) is 22.0 Å². The van der Waals surface area contributed by atoms with Gasteiger partial charge in [-0.25, -0.2) is 13.1 Å². The molecule has 6 nitrogen and oxygen atoms in total. The average Bonchev–Trinajstić information content (AvgIpc) is 3.22. The normalized spacial score (nSPS) is 11.3. The van der Waals surface area contributed by atoms with Gasteiger partial charge >= 0.3 is 0 Å². The topological polar surface area (TPSA) is 73.2 Å². The second-order valence-corrected chi connectivity index (χ2v) is 8.53. The van der Waals surface area contributed by atoms with E-state index >= 15 is 0 Å². The molecule has 0 atom stereocenters. The van der Waals surface area contributed by atoms with Crippen molar-refractivity contribution in [3.63, 3.8) is 0 Å². The van der Waals surface area contributed by atoms with Gasteiger partial charge in [-0.1, -0.05) is 60.1 Å². The molecule has 0 saturated heterocycles. The van der Waals surface area contributed by atoms with Crippen LogP contribution in [0.2, 0.25) is 5.02 Å². The maximum atomic E-state index is 13.4. The van der Waals surface area contributed by atoms with Crippen LogP contribution in [0.25, 0.3) is 16.9 Å². The smallest absolute Gasteiger partial charge is 0.265 e. The van der Waals surface area contributed by atoms with E-state index in [-0.39, 0.29) is 10.6 Å². The lowest BCUT2D eigenvalue weighted by molar-refractivity contribution is 0.417. The average molecular weight is 440 g/mol. The van der Waals surface area contributed by atoms with Gasteiger partial charge in [0.05, 0.1) is 24.7 Å². The molecule has 8 heteroatoms. The molecule has 4 rings (SSSR count). The zero-order valence-electron chi connectivity index (χ0n) is 16.0. The number of methoxy groups -OCH3 is 1. The third kappa shape index (κ3) is 4.03. The molecule has 0 fully saturated rings. The zero-order valence-corrected chi connectivity index (χ0v) is 17.6. The highest BCUT2D eigenvalue weighted by Gasteiger charge is 2.25. The van der Waals surface area contributed by atoms with E-state index in [1.807, 2.05) is 60.7 Å². The molecule has 1 heterocycles. The first-order valence-electron chi connectivity index (χ1n) is 9.05. The van der Waals surface area contributed by atoms with Gasteiger partial charge in [0.15, 0.2) is 0 Å². The van der Waals surface area contributed by atoms with Crippen LogP contribution in [0.1, 0.15) is 0 Å². The fourth-order valence-corrected chi connectivity index (χ4v) is 4.41. The molecule has 1 N–H and O–H groups in total. The standard InChI is InChI=1S/C22H18ClN3O3S/c1-29-20-13-12-17(23)14-19(20)25-30(27,28)21-15-26(18-10-6-3-7-11-18)24-22(21)16-8-4-2-5-9-16/h2-15,25H,1H3. The molecule has 0 bridgehead atoms. The molecule has 0 amide bonds. The maximum absolute atomic E-state index is 13.4. The van der Waals surface area contributed by atoms with Crippen molar-refractivity contribution >= 4 is 27.3 Å². The molecule has 0 radical (unpaired) electrons. The van der Waals surface area contributed by atoms with Gasteiger partial charge in [0.2, 0.25) is 0 Å². The van der Waals surface area contributed by atoms with Crippen LogP contribution in [0, 0.1) is 0 Å². The van der Waals surface area contributed by atoms with Gasteiger partial charge < -0.3 is 4.74 Å². The highest BCUT2D eigenvalue weighted by Crippen LogP contribution is 2.33. The molecule has 152 valence electrons. The van der Waals surface area contributed by atoms with Gasteiger partial charge in [-0.05, 0) is 30.3 Å². The van der Waals surface area contributed by atoms with Crippen LogP contribution in [0.15, 0.2) is 90.0 Å². The van der Waals surface area contributed by atoms with Gasteiger partial charge in [-0.3, -0.25) is 4.72 Å². The fourth-order valence-electron chi connectivity index (χ4n) is 3.02. The van der Waals surface area contributed by atoms with Crippen LogP contribution in [0.4, 0.5) is 5.69 Å². The molecule has 0 saturated carbocycles. The Morgan fingerprint density at radius 2 is 1.63 bits per heavy atom. The molecule has 30 heavy (non-hydrogen) atoms. The first-order chi connectivity index (χ1) is 14.5. The zero-order chi connectivity index (χ0) is 21.1.